The molecule has 3 saturated carbocycles. The highest BCUT2D eigenvalue weighted by atomic mass is 32.2. The molecule has 0 radical (unpaired) electrons. The molecule has 118 valence electrons. The predicted octanol–water partition coefficient (Wildman–Crippen LogP) is 2.40. The van der Waals surface area contributed by atoms with Gasteiger partial charge in [-0.05, 0) is 42.4 Å². The van der Waals surface area contributed by atoms with Crippen LogP contribution in [0.15, 0.2) is 0 Å². The van der Waals surface area contributed by atoms with Crippen LogP contribution < -0.4 is 0 Å². The maximum absolute atomic E-state index is 12.8. The van der Waals surface area contributed by atoms with E-state index in [-0.39, 0.29) is 39.9 Å². The third kappa shape index (κ3) is 1.47. The summed E-state index contributed by atoms with van der Waals surface area (Å²) >= 11 is 0. The Morgan fingerprint density at radius 2 is 1.81 bits per heavy atom. The van der Waals surface area contributed by atoms with Crippen molar-refractivity contribution in [3.05, 3.63) is 0 Å². The van der Waals surface area contributed by atoms with Crippen LogP contribution in [-0.4, -0.2) is 30.4 Å². The second-order valence-electron chi connectivity index (χ2n) is 9.00. The summed E-state index contributed by atoms with van der Waals surface area (Å²) in [6, 6.07) is -0.0693. The molecule has 21 heavy (non-hydrogen) atoms. The summed E-state index contributed by atoms with van der Waals surface area (Å²) < 4.78 is 26.8. The topological polar surface area (TPSA) is 54.5 Å². The van der Waals surface area contributed by atoms with Crippen LogP contribution in [-0.2, 0) is 14.8 Å². The first kappa shape index (κ1) is 14.0. The minimum Gasteiger partial charge on any atom is -0.273 e. The van der Waals surface area contributed by atoms with Crippen molar-refractivity contribution in [1.29, 1.82) is 0 Å². The summed E-state index contributed by atoms with van der Waals surface area (Å²) in [5.41, 5.74) is -0.167. The summed E-state index contributed by atoms with van der Waals surface area (Å²) in [5.74, 6) is 0.544. The van der Waals surface area contributed by atoms with Crippen molar-refractivity contribution in [1.82, 2.24) is 4.31 Å². The smallest absolute Gasteiger partial charge is 0.239 e. The van der Waals surface area contributed by atoms with Crippen LogP contribution in [0.4, 0.5) is 0 Å². The van der Waals surface area contributed by atoms with E-state index in [0.717, 1.165) is 25.7 Å². The van der Waals surface area contributed by atoms with E-state index >= 15 is 0 Å². The Labute approximate surface area is 127 Å². The SMILES string of the molecule is CC1(C)C[C@H]1C(=O)N1[C@@H]2C[C@H]3CC[C@@]2(CS1(=O)=O)C3(C)C. The zero-order valence-corrected chi connectivity index (χ0v) is 14.2. The molecule has 4 aliphatic rings. The molecule has 4 fully saturated rings. The van der Waals surface area contributed by atoms with Gasteiger partial charge in [0.1, 0.15) is 0 Å². The lowest BCUT2D eigenvalue weighted by molar-refractivity contribution is -0.131. The van der Waals surface area contributed by atoms with Gasteiger partial charge >= 0.3 is 0 Å². The predicted molar refractivity (Wildman–Crippen MR) is 79.9 cm³/mol. The summed E-state index contributed by atoms with van der Waals surface area (Å²) in [4.78, 5) is 12.8. The van der Waals surface area contributed by atoms with Crippen LogP contribution in [0, 0.1) is 28.1 Å². The molecule has 1 amide bonds. The largest absolute Gasteiger partial charge is 0.273 e. The van der Waals surface area contributed by atoms with Gasteiger partial charge in [-0.3, -0.25) is 4.79 Å². The first-order chi connectivity index (χ1) is 9.53. The van der Waals surface area contributed by atoms with Gasteiger partial charge < -0.3 is 0 Å². The van der Waals surface area contributed by atoms with E-state index in [2.05, 4.69) is 27.7 Å². The lowest BCUT2D eigenvalue weighted by atomic mass is 9.69. The average molecular weight is 311 g/mol. The first-order valence-corrected chi connectivity index (χ1v) is 9.70. The summed E-state index contributed by atoms with van der Waals surface area (Å²) in [6.45, 7) is 8.54. The lowest BCUT2D eigenvalue weighted by Gasteiger charge is -2.37. The fourth-order valence-electron chi connectivity index (χ4n) is 5.62. The minimum absolute atomic E-state index is 0.0184. The Bertz CT molecular complexity index is 636. The fraction of sp³-hybridized carbons (Fsp3) is 0.938. The van der Waals surface area contributed by atoms with E-state index in [1.165, 1.54) is 4.31 Å². The van der Waals surface area contributed by atoms with Gasteiger partial charge in [-0.25, -0.2) is 12.7 Å². The molecular weight excluding hydrogens is 286 g/mol. The Morgan fingerprint density at radius 3 is 2.33 bits per heavy atom. The lowest BCUT2D eigenvalue weighted by Crippen LogP contribution is -2.45. The molecule has 4 atom stereocenters. The number of fused-ring (bicyclic) bond motifs is 1. The van der Waals surface area contributed by atoms with Gasteiger partial charge in [0.15, 0.2) is 0 Å². The van der Waals surface area contributed by atoms with Crippen LogP contribution in [0.5, 0.6) is 0 Å². The van der Waals surface area contributed by atoms with E-state index in [1.807, 2.05) is 0 Å². The maximum Gasteiger partial charge on any atom is 0.239 e. The molecule has 4 rings (SSSR count). The molecule has 0 N–H and O–H groups in total. The third-order valence-electron chi connectivity index (χ3n) is 7.44. The summed E-state index contributed by atoms with van der Waals surface area (Å²) in [6.07, 6.45) is 3.79. The third-order valence-corrected chi connectivity index (χ3v) is 9.35. The number of carbonyl (C=O) groups excluding carboxylic acids is 1. The Kier molecular flexibility index (Phi) is 2.34. The van der Waals surface area contributed by atoms with Gasteiger partial charge in [-0.15, -0.1) is 0 Å². The molecule has 0 aromatic heterocycles. The van der Waals surface area contributed by atoms with Crippen LogP contribution >= 0.6 is 0 Å². The van der Waals surface area contributed by atoms with Crippen molar-refractivity contribution in [3.63, 3.8) is 0 Å². The number of carbonyl (C=O) groups is 1. The molecule has 1 heterocycles. The zero-order valence-electron chi connectivity index (χ0n) is 13.3. The van der Waals surface area contributed by atoms with Crippen molar-refractivity contribution < 1.29 is 13.2 Å². The normalized spacial score (nSPS) is 47.4. The van der Waals surface area contributed by atoms with Crippen molar-refractivity contribution >= 4 is 15.9 Å². The number of hydrogen-bond acceptors (Lipinski definition) is 3. The molecule has 1 saturated heterocycles. The van der Waals surface area contributed by atoms with Crippen molar-refractivity contribution in [3.8, 4) is 0 Å². The molecule has 0 unspecified atom stereocenters. The summed E-state index contributed by atoms with van der Waals surface area (Å²) in [7, 11) is -3.43. The van der Waals surface area contributed by atoms with Crippen molar-refractivity contribution in [2.45, 2.75) is 59.4 Å². The van der Waals surface area contributed by atoms with E-state index in [4.69, 9.17) is 0 Å². The molecule has 0 aromatic carbocycles. The molecule has 0 aromatic rings. The molecular formula is C16H25NO3S. The molecule has 3 aliphatic carbocycles. The highest BCUT2D eigenvalue weighted by Gasteiger charge is 2.73. The maximum atomic E-state index is 12.8. The van der Waals surface area contributed by atoms with E-state index in [9.17, 15) is 13.2 Å². The monoisotopic (exact) mass is 311 g/mol. The second kappa shape index (κ2) is 3.50. The quantitative estimate of drug-likeness (QED) is 0.747. The second-order valence-corrected chi connectivity index (χ2v) is 10.8. The summed E-state index contributed by atoms with van der Waals surface area (Å²) in [5, 5.41) is 0. The van der Waals surface area contributed by atoms with Gasteiger partial charge in [0.05, 0.1) is 11.8 Å². The average Bonchev–Trinajstić information content (AvgIpc) is 2.73. The minimum atomic E-state index is -3.43. The van der Waals surface area contributed by atoms with Gasteiger partial charge in [0.25, 0.3) is 0 Å². The molecule has 4 nitrogen and oxygen atoms in total. The van der Waals surface area contributed by atoms with Gasteiger partial charge in [-0.2, -0.15) is 0 Å². The molecule has 2 bridgehead atoms. The van der Waals surface area contributed by atoms with Crippen LogP contribution in [0.2, 0.25) is 0 Å². The first-order valence-electron chi connectivity index (χ1n) is 8.09. The Balaban J connectivity index is 1.75. The van der Waals surface area contributed by atoms with Crippen LogP contribution in [0.25, 0.3) is 0 Å². The number of nitrogens with zero attached hydrogens (tertiary/aromatic N) is 1. The van der Waals surface area contributed by atoms with Crippen molar-refractivity contribution in [2.75, 3.05) is 5.75 Å². The molecule has 1 spiro atoms. The van der Waals surface area contributed by atoms with Crippen molar-refractivity contribution in [2.24, 2.45) is 28.1 Å². The molecule has 1 aliphatic heterocycles. The van der Waals surface area contributed by atoms with E-state index < -0.39 is 10.0 Å². The Hall–Kier alpha value is -0.580. The number of rotatable bonds is 1. The van der Waals surface area contributed by atoms with Gasteiger partial charge in [0.2, 0.25) is 15.9 Å². The highest BCUT2D eigenvalue weighted by Crippen LogP contribution is 2.70. The number of amides is 1. The Morgan fingerprint density at radius 1 is 1.19 bits per heavy atom. The molecule has 5 heteroatoms. The highest BCUT2D eigenvalue weighted by molar-refractivity contribution is 7.90. The zero-order chi connectivity index (χ0) is 15.4. The number of hydrogen-bond donors (Lipinski definition) is 0. The fourth-order valence-corrected chi connectivity index (χ4v) is 8.20. The van der Waals surface area contributed by atoms with E-state index in [0.29, 0.717) is 5.92 Å². The van der Waals surface area contributed by atoms with Crippen LogP contribution in [0.3, 0.4) is 0 Å². The van der Waals surface area contributed by atoms with Gasteiger partial charge in [0, 0.05) is 11.3 Å². The van der Waals surface area contributed by atoms with E-state index in [1.54, 1.807) is 0 Å². The van der Waals surface area contributed by atoms with Gasteiger partial charge in [-0.1, -0.05) is 27.7 Å². The standard InChI is InChI=1S/C16H25NO3S/c1-14(2)8-11(14)13(18)17-12-7-10-5-6-16(12,15(10,3)4)9-21(17,19)20/h10-12H,5-9H2,1-4H3/t10-,11+,12-,16+/m1/s1. The van der Waals surface area contributed by atoms with Crippen LogP contribution in [0.1, 0.15) is 53.4 Å². The number of sulfonamides is 1.